The Morgan fingerprint density at radius 2 is 1.92 bits per heavy atom. The number of halogens is 3. The third-order valence-electron chi connectivity index (χ3n) is 4.25. The highest BCUT2D eigenvalue weighted by atomic mass is 19.4. The molecule has 1 aromatic rings. The topological polar surface area (TPSA) is 81.8 Å². The van der Waals surface area contributed by atoms with Gasteiger partial charge in [-0.2, -0.15) is 13.2 Å². The van der Waals surface area contributed by atoms with Crippen molar-refractivity contribution in [2.45, 2.75) is 18.6 Å². The number of benzene rings is 1. The van der Waals surface area contributed by atoms with Crippen molar-refractivity contribution in [3.8, 4) is 0 Å². The van der Waals surface area contributed by atoms with Gasteiger partial charge in [0.05, 0.1) is 30.9 Å². The molecule has 7 nitrogen and oxygen atoms in total. The number of carbonyl (C=O) groups excluding carboxylic acids is 3. The Bertz CT molecular complexity index is 738. The number of nitrogens with zero attached hydrogens (tertiary/aromatic N) is 2. The summed E-state index contributed by atoms with van der Waals surface area (Å²) >= 11 is 0. The summed E-state index contributed by atoms with van der Waals surface area (Å²) < 4.78 is 40.8. The van der Waals surface area contributed by atoms with Gasteiger partial charge in [-0.1, -0.05) is 12.1 Å². The average molecular weight is 370 g/mol. The van der Waals surface area contributed by atoms with Gasteiger partial charge in [0, 0.05) is 13.1 Å². The SMILES string of the molecule is O=C1CN(CC(=O)N2c3ccccc3NC(=O)CC2C(F)(F)F)CCN1. The van der Waals surface area contributed by atoms with Crippen molar-refractivity contribution in [1.82, 2.24) is 10.2 Å². The second-order valence-electron chi connectivity index (χ2n) is 6.15. The molecule has 0 spiro atoms. The highest BCUT2D eigenvalue weighted by molar-refractivity contribution is 6.05. The predicted molar refractivity (Wildman–Crippen MR) is 86.5 cm³/mol. The summed E-state index contributed by atoms with van der Waals surface area (Å²) in [7, 11) is 0. The van der Waals surface area contributed by atoms with E-state index in [4.69, 9.17) is 0 Å². The first-order chi connectivity index (χ1) is 12.3. The Labute approximate surface area is 147 Å². The number of amides is 3. The molecule has 2 N–H and O–H groups in total. The smallest absolute Gasteiger partial charge is 0.354 e. The van der Waals surface area contributed by atoms with Crippen LogP contribution in [0.4, 0.5) is 24.5 Å². The Kier molecular flexibility index (Phi) is 4.86. The Morgan fingerprint density at radius 1 is 1.19 bits per heavy atom. The fraction of sp³-hybridized carbons (Fsp3) is 0.438. The van der Waals surface area contributed by atoms with Crippen molar-refractivity contribution in [2.24, 2.45) is 0 Å². The van der Waals surface area contributed by atoms with Crippen LogP contribution >= 0.6 is 0 Å². The second-order valence-corrected chi connectivity index (χ2v) is 6.15. The van der Waals surface area contributed by atoms with Crippen LogP contribution in [0.1, 0.15) is 6.42 Å². The summed E-state index contributed by atoms with van der Waals surface area (Å²) in [5, 5.41) is 5.00. The fourth-order valence-corrected chi connectivity index (χ4v) is 3.09. The van der Waals surface area contributed by atoms with Gasteiger partial charge in [0.25, 0.3) is 0 Å². The fourth-order valence-electron chi connectivity index (χ4n) is 3.09. The zero-order valence-electron chi connectivity index (χ0n) is 13.7. The van der Waals surface area contributed by atoms with E-state index < -0.39 is 30.5 Å². The largest absolute Gasteiger partial charge is 0.409 e. The highest BCUT2D eigenvalue weighted by Crippen LogP contribution is 2.37. The molecule has 2 heterocycles. The number of hydrogen-bond donors (Lipinski definition) is 2. The van der Waals surface area contributed by atoms with E-state index in [1.165, 1.54) is 23.1 Å². The zero-order chi connectivity index (χ0) is 18.9. The summed E-state index contributed by atoms with van der Waals surface area (Å²) in [4.78, 5) is 38.2. The number of hydrogen-bond acceptors (Lipinski definition) is 4. The van der Waals surface area contributed by atoms with E-state index >= 15 is 0 Å². The quantitative estimate of drug-likeness (QED) is 0.804. The summed E-state index contributed by atoms with van der Waals surface area (Å²) in [5.41, 5.74) is 0.140. The number of rotatable bonds is 2. The normalized spacial score (nSPS) is 21.5. The molecular weight excluding hydrogens is 353 g/mol. The average Bonchev–Trinajstić information content (AvgIpc) is 2.70. The number of anilines is 2. The van der Waals surface area contributed by atoms with E-state index in [1.807, 2.05) is 0 Å². The zero-order valence-corrected chi connectivity index (χ0v) is 13.7. The van der Waals surface area contributed by atoms with Crippen molar-refractivity contribution in [2.75, 3.05) is 36.4 Å². The lowest BCUT2D eigenvalue weighted by Crippen LogP contribution is -2.55. The van der Waals surface area contributed by atoms with E-state index in [0.717, 1.165) is 0 Å². The van der Waals surface area contributed by atoms with Gasteiger partial charge in [0.2, 0.25) is 17.7 Å². The summed E-state index contributed by atoms with van der Waals surface area (Å²) in [5.74, 6) is -1.91. The Balaban J connectivity index is 1.94. The first kappa shape index (κ1) is 18.2. The minimum Gasteiger partial charge on any atom is -0.354 e. The lowest BCUT2D eigenvalue weighted by Gasteiger charge is -2.34. The van der Waals surface area contributed by atoms with Gasteiger partial charge < -0.3 is 10.6 Å². The van der Waals surface area contributed by atoms with Gasteiger partial charge in [-0.15, -0.1) is 0 Å². The molecule has 3 rings (SSSR count). The molecule has 1 unspecified atom stereocenters. The van der Waals surface area contributed by atoms with E-state index in [1.54, 1.807) is 6.07 Å². The van der Waals surface area contributed by atoms with Crippen LogP contribution in [-0.2, 0) is 14.4 Å². The number of alkyl halides is 3. The van der Waals surface area contributed by atoms with Gasteiger partial charge in [-0.05, 0) is 12.1 Å². The van der Waals surface area contributed by atoms with Gasteiger partial charge in [0.1, 0.15) is 6.04 Å². The van der Waals surface area contributed by atoms with Gasteiger partial charge in [-0.3, -0.25) is 24.2 Å². The molecule has 1 saturated heterocycles. The monoisotopic (exact) mass is 370 g/mol. The molecule has 140 valence electrons. The molecule has 0 radical (unpaired) electrons. The van der Waals surface area contributed by atoms with Crippen LogP contribution in [-0.4, -0.2) is 61.0 Å². The summed E-state index contributed by atoms with van der Waals surface area (Å²) in [6, 6.07) is 3.60. The standard InChI is InChI=1S/C16H17F3N4O3/c17-16(18,19)12-7-13(24)21-10-3-1-2-4-11(10)23(12)15(26)9-22-6-5-20-14(25)8-22/h1-4,12H,5-9H2,(H,20,25)(H,21,24). The van der Waals surface area contributed by atoms with Crippen LogP contribution < -0.4 is 15.5 Å². The van der Waals surface area contributed by atoms with E-state index in [9.17, 15) is 27.6 Å². The highest BCUT2D eigenvalue weighted by Gasteiger charge is 2.49. The predicted octanol–water partition coefficient (Wildman–Crippen LogP) is 0.724. The van der Waals surface area contributed by atoms with Gasteiger partial charge in [0.15, 0.2) is 0 Å². The van der Waals surface area contributed by atoms with Crippen LogP contribution in [0.5, 0.6) is 0 Å². The first-order valence-corrected chi connectivity index (χ1v) is 8.02. The lowest BCUT2D eigenvalue weighted by molar-refractivity contribution is -0.158. The molecule has 2 aliphatic rings. The molecule has 3 amide bonds. The number of piperazine rings is 1. The Hall–Kier alpha value is -2.62. The number of fused-ring (bicyclic) bond motifs is 1. The molecule has 0 aromatic heterocycles. The minimum atomic E-state index is -4.77. The van der Waals surface area contributed by atoms with E-state index in [2.05, 4.69) is 10.6 Å². The molecule has 0 aliphatic carbocycles. The van der Waals surface area contributed by atoms with Crippen LogP contribution in [0.15, 0.2) is 24.3 Å². The number of nitrogens with one attached hydrogen (secondary N) is 2. The van der Waals surface area contributed by atoms with Crippen molar-refractivity contribution in [1.29, 1.82) is 0 Å². The van der Waals surface area contributed by atoms with Crippen molar-refractivity contribution in [3.05, 3.63) is 24.3 Å². The molecular formula is C16H17F3N4O3. The maximum atomic E-state index is 13.6. The molecule has 2 aliphatic heterocycles. The molecule has 0 bridgehead atoms. The summed E-state index contributed by atoms with van der Waals surface area (Å²) in [6.07, 6.45) is -5.66. The Morgan fingerprint density at radius 3 is 2.62 bits per heavy atom. The lowest BCUT2D eigenvalue weighted by atomic mass is 10.1. The maximum Gasteiger partial charge on any atom is 0.409 e. The van der Waals surface area contributed by atoms with Crippen molar-refractivity contribution >= 4 is 29.1 Å². The van der Waals surface area contributed by atoms with Crippen LogP contribution in [0.3, 0.4) is 0 Å². The minimum absolute atomic E-state index is 0.00728. The molecule has 10 heteroatoms. The van der Waals surface area contributed by atoms with E-state index in [-0.39, 0.29) is 30.4 Å². The van der Waals surface area contributed by atoms with Gasteiger partial charge >= 0.3 is 6.18 Å². The number of carbonyl (C=O) groups is 3. The van der Waals surface area contributed by atoms with Crippen LogP contribution in [0, 0.1) is 0 Å². The molecule has 26 heavy (non-hydrogen) atoms. The molecule has 0 saturated carbocycles. The molecule has 1 aromatic carbocycles. The second kappa shape index (κ2) is 6.94. The van der Waals surface area contributed by atoms with Crippen molar-refractivity contribution < 1.29 is 27.6 Å². The van der Waals surface area contributed by atoms with Gasteiger partial charge in [-0.25, -0.2) is 0 Å². The van der Waals surface area contributed by atoms with Crippen molar-refractivity contribution in [3.63, 3.8) is 0 Å². The third kappa shape index (κ3) is 3.79. The maximum absolute atomic E-state index is 13.6. The van der Waals surface area contributed by atoms with Crippen LogP contribution in [0.2, 0.25) is 0 Å². The van der Waals surface area contributed by atoms with E-state index in [0.29, 0.717) is 18.0 Å². The third-order valence-corrected chi connectivity index (χ3v) is 4.25. The molecule has 1 atom stereocenters. The summed E-state index contributed by atoms with van der Waals surface area (Å²) in [6.45, 7) is 0.282. The molecule has 1 fully saturated rings. The number of para-hydroxylation sites is 2. The van der Waals surface area contributed by atoms with Crippen LogP contribution in [0.25, 0.3) is 0 Å². The first-order valence-electron chi connectivity index (χ1n) is 8.02.